The van der Waals surface area contributed by atoms with Gasteiger partial charge >= 0.3 is 0 Å². The molecule has 4 rings (SSSR count). The molecular formula is C25H25N3O5S. The number of nitrogens with zero attached hydrogens (tertiary/aromatic N) is 1. The largest absolute Gasteiger partial charge is 0.493 e. The molecule has 2 amide bonds. The van der Waals surface area contributed by atoms with Crippen molar-refractivity contribution in [3.05, 3.63) is 66.1 Å². The van der Waals surface area contributed by atoms with Gasteiger partial charge in [-0.05, 0) is 30.3 Å². The van der Waals surface area contributed by atoms with Crippen molar-refractivity contribution in [1.29, 1.82) is 0 Å². The van der Waals surface area contributed by atoms with E-state index in [-0.39, 0.29) is 24.5 Å². The molecule has 1 unspecified atom stereocenters. The summed E-state index contributed by atoms with van der Waals surface area (Å²) in [4.78, 5) is 28.5. The van der Waals surface area contributed by atoms with Gasteiger partial charge in [-0.3, -0.25) is 14.9 Å². The van der Waals surface area contributed by atoms with Gasteiger partial charge in [-0.25, -0.2) is 4.98 Å². The summed E-state index contributed by atoms with van der Waals surface area (Å²) in [5, 5.41) is 8.07. The minimum absolute atomic E-state index is 0.0842. The molecule has 2 N–H and O–H groups in total. The Labute approximate surface area is 201 Å². The van der Waals surface area contributed by atoms with Crippen molar-refractivity contribution in [3.63, 3.8) is 0 Å². The highest BCUT2D eigenvalue weighted by Gasteiger charge is 2.23. The lowest BCUT2D eigenvalue weighted by molar-refractivity contribution is -0.120. The number of para-hydroxylation sites is 2. The standard InChI is InChI=1S/C25H25N3O5S/c1-3-11-31-22-6-4-5-7-23(22)33-14-24(30)28-25-27-20(15-34-25)17-8-9-21-18(13-17)19(10-12-32-21)26-16(2)29/h3-9,13,15,19H,1,10-12,14H2,2H3,(H,26,29)(H,27,28,30). The third kappa shape index (κ3) is 5.74. The molecular weight excluding hydrogens is 454 g/mol. The Hall–Kier alpha value is -3.85. The van der Waals surface area contributed by atoms with Gasteiger partial charge in [0.05, 0.1) is 18.3 Å². The van der Waals surface area contributed by atoms with Crippen LogP contribution in [0.15, 0.2) is 60.5 Å². The molecule has 0 radical (unpaired) electrons. The quantitative estimate of drug-likeness (QED) is 0.443. The number of amides is 2. The van der Waals surface area contributed by atoms with Crippen molar-refractivity contribution in [2.45, 2.75) is 19.4 Å². The molecule has 2 aromatic carbocycles. The van der Waals surface area contributed by atoms with Crippen molar-refractivity contribution in [2.75, 3.05) is 25.1 Å². The van der Waals surface area contributed by atoms with Crippen LogP contribution in [-0.4, -0.2) is 36.6 Å². The molecule has 3 aromatic rings. The molecule has 1 aliphatic rings. The van der Waals surface area contributed by atoms with E-state index in [1.54, 1.807) is 24.3 Å². The number of hydrogen-bond donors (Lipinski definition) is 2. The van der Waals surface area contributed by atoms with Gasteiger partial charge in [0.2, 0.25) is 5.91 Å². The molecule has 8 nitrogen and oxygen atoms in total. The van der Waals surface area contributed by atoms with Crippen LogP contribution in [0.4, 0.5) is 5.13 Å². The molecule has 0 aliphatic carbocycles. The molecule has 1 atom stereocenters. The summed E-state index contributed by atoms with van der Waals surface area (Å²) in [5.74, 6) is 1.36. The third-order valence-corrected chi connectivity index (χ3v) is 5.80. The number of rotatable bonds is 9. The topological polar surface area (TPSA) is 98.8 Å². The maximum atomic E-state index is 12.4. The molecule has 1 aromatic heterocycles. The summed E-state index contributed by atoms with van der Waals surface area (Å²) < 4.78 is 16.9. The minimum atomic E-state index is -0.330. The molecule has 9 heteroatoms. The summed E-state index contributed by atoms with van der Waals surface area (Å²) in [6.07, 6.45) is 2.34. The van der Waals surface area contributed by atoms with Gasteiger partial charge in [-0.2, -0.15) is 0 Å². The predicted molar refractivity (Wildman–Crippen MR) is 130 cm³/mol. The van der Waals surface area contributed by atoms with E-state index in [0.29, 0.717) is 36.3 Å². The van der Waals surface area contributed by atoms with Gasteiger partial charge in [0.15, 0.2) is 23.2 Å². The molecule has 1 aliphatic heterocycles. The molecule has 0 saturated heterocycles. The van der Waals surface area contributed by atoms with Crippen molar-refractivity contribution >= 4 is 28.3 Å². The van der Waals surface area contributed by atoms with Crippen LogP contribution in [-0.2, 0) is 9.59 Å². The van der Waals surface area contributed by atoms with Crippen molar-refractivity contribution in [3.8, 4) is 28.5 Å². The average molecular weight is 480 g/mol. The van der Waals surface area contributed by atoms with Crippen molar-refractivity contribution < 1.29 is 23.8 Å². The molecule has 2 heterocycles. The van der Waals surface area contributed by atoms with Gasteiger partial charge in [0.1, 0.15) is 12.4 Å². The number of benzene rings is 2. The molecule has 0 spiro atoms. The van der Waals surface area contributed by atoms with Crippen LogP contribution in [0.3, 0.4) is 0 Å². The Balaban J connectivity index is 1.40. The smallest absolute Gasteiger partial charge is 0.264 e. The van der Waals surface area contributed by atoms with E-state index in [2.05, 4.69) is 22.2 Å². The maximum Gasteiger partial charge on any atom is 0.264 e. The zero-order valence-electron chi connectivity index (χ0n) is 18.7. The lowest BCUT2D eigenvalue weighted by Crippen LogP contribution is -2.30. The van der Waals surface area contributed by atoms with Gasteiger partial charge in [0.25, 0.3) is 5.91 Å². The number of ether oxygens (including phenoxy) is 3. The summed E-state index contributed by atoms with van der Waals surface area (Å²) in [6.45, 7) is 5.84. The number of carbonyl (C=O) groups is 2. The van der Waals surface area contributed by atoms with Crippen molar-refractivity contribution in [2.24, 2.45) is 0 Å². The maximum absolute atomic E-state index is 12.4. The van der Waals surface area contributed by atoms with E-state index in [1.165, 1.54) is 18.3 Å². The SMILES string of the molecule is C=CCOc1ccccc1OCC(=O)Nc1nc(-c2ccc3c(c2)C(NC(C)=O)CCO3)cs1. The number of aromatic nitrogens is 1. The van der Waals surface area contributed by atoms with E-state index >= 15 is 0 Å². The van der Waals surface area contributed by atoms with E-state index in [4.69, 9.17) is 14.2 Å². The van der Waals surface area contributed by atoms with Crippen LogP contribution >= 0.6 is 11.3 Å². The molecule has 0 saturated carbocycles. The lowest BCUT2D eigenvalue weighted by atomic mass is 9.97. The summed E-state index contributed by atoms with van der Waals surface area (Å²) in [5.41, 5.74) is 2.52. The second kappa shape index (κ2) is 10.8. The Morgan fingerprint density at radius 3 is 2.79 bits per heavy atom. The highest BCUT2D eigenvalue weighted by Crippen LogP contribution is 2.36. The van der Waals surface area contributed by atoms with Gasteiger partial charge < -0.3 is 19.5 Å². The Morgan fingerprint density at radius 1 is 1.24 bits per heavy atom. The normalized spacial score (nSPS) is 14.3. The first-order valence-electron chi connectivity index (χ1n) is 10.8. The molecule has 0 bridgehead atoms. The van der Waals surface area contributed by atoms with E-state index in [0.717, 1.165) is 22.6 Å². The second-order valence-corrected chi connectivity index (χ2v) is 8.42. The van der Waals surface area contributed by atoms with Crippen LogP contribution in [0.25, 0.3) is 11.3 Å². The average Bonchev–Trinajstić information content (AvgIpc) is 3.30. The van der Waals surface area contributed by atoms with Gasteiger partial charge in [-0.1, -0.05) is 24.8 Å². The van der Waals surface area contributed by atoms with Gasteiger partial charge in [0, 0.05) is 29.9 Å². The van der Waals surface area contributed by atoms with Crippen LogP contribution in [0, 0.1) is 0 Å². The Morgan fingerprint density at radius 2 is 2.03 bits per heavy atom. The zero-order chi connectivity index (χ0) is 23.9. The number of carbonyl (C=O) groups excluding carboxylic acids is 2. The summed E-state index contributed by atoms with van der Waals surface area (Å²) in [7, 11) is 0. The third-order valence-electron chi connectivity index (χ3n) is 5.04. The number of fused-ring (bicyclic) bond motifs is 1. The molecule has 176 valence electrons. The summed E-state index contributed by atoms with van der Waals surface area (Å²) in [6, 6.07) is 12.8. The van der Waals surface area contributed by atoms with Crippen LogP contribution in [0.5, 0.6) is 17.2 Å². The van der Waals surface area contributed by atoms with Crippen LogP contribution < -0.4 is 24.8 Å². The first kappa shape index (κ1) is 23.3. The van der Waals surface area contributed by atoms with Gasteiger partial charge in [-0.15, -0.1) is 11.3 Å². The number of anilines is 1. The minimum Gasteiger partial charge on any atom is -0.493 e. The highest BCUT2D eigenvalue weighted by atomic mass is 32.1. The Kier molecular flexibility index (Phi) is 7.44. The fourth-order valence-corrected chi connectivity index (χ4v) is 4.28. The predicted octanol–water partition coefficient (Wildman–Crippen LogP) is 4.35. The summed E-state index contributed by atoms with van der Waals surface area (Å²) >= 11 is 1.32. The van der Waals surface area contributed by atoms with E-state index in [9.17, 15) is 9.59 Å². The zero-order valence-corrected chi connectivity index (χ0v) is 19.5. The number of thiazole rings is 1. The fraction of sp³-hybridized carbons (Fsp3) is 0.240. The van der Waals surface area contributed by atoms with Crippen molar-refractivity contribution in [1.82, 2.24) is 10.3 Å². The molecule has 0 fully saturated rings. The van der Waals surface area contributed by atoms with Crippen LogP contribution in [0.1, 0.15) is 24.9 Å². The first-order valence-corrected chi connectivity index (χ1v) is 11.7. The Bertz CT molecular complexity index is 1190. The van der Waals surface area contributed by atoms with E-state index < -0.39 is 0 Å². The number of nitrogens with one attached hydrogen (secondary N) is 2. The second-order valence-electron chi connectivity index (χ2n) is 7.56. The number of hydrogen-bond acceptors (Lipinski definition) is 7. The fourth-order valence-electron chi connectivity index (χ4n) is 3.55. The highest BCUT2D eigenvalue weighted by molar-refractivity contribution is 7.14. The molecule has 34 heavy (non-hydrogen) atoms. The van der Waals surface area contributed by atoms with E-state index in [1.807, 2.05) is 29.6 Å². The lowest BCUT2D eigenvalue weighted by Gasteiger charge is -2.26. The first-order chi connectivity index (χ1) is 16.5. The van der Waals surface area contributed by atoms with Crippen LogP contribution in [0.2, 0.25) is 0 Å². The monoisotopic (exact) mass is 479 g/mol.